The number of rotatable bonds is 3. The van der Waals surface area contributed by atoms with Crippen LogP contribution in [-0.4, -0.2) is 23.6 Å². The predicted molar refractivity (Wildman–Crippen MR) is 40.1 cm³/mol. The highest BCUT2D eigenvalue weighted by Gasteiger charge is 2.11. The second-order valence-electron chi connectivity index (χ2n) is 1.95. The van der Waals surface area contributed by atoms with Crippen molar-refractivity contribution in [2.75, 3.05) is 5.75 Å². The third kappa shape index (κ3) is 3.50. The Bertz CT molecular complexity index is 144. The zero-order chi connectivity index (χ0) is 8.15. The quantitative estimate of drug-likeness (QED) is 0.372. The van der Waals surface area contributed by atoms with Crippen molar-refractivity contribution in [2.45, 2.75) is 20.0 Å². The number of ketones is 1. The predicted octanol–water partition coefficient (Wildman–Crippen LogP) is 0.437. The summed E-state index contributed by atoms with van der Waals surface area (Å²) in [4.78, 5) is 20.8. The highest BCUT2D eigenvalue weighted by atomic mass is 32.1. The minimum absolute atomic E-state index is 0.292. The third-order valence-corrected chi connectivity index (χ3v) is 1.37. The van der Waals surface area contributed by atoms with Gasteiger partial charge in [-0.25, -0.2) is 4.79 Å². The van der Waals surface area contributed by atoms with Crippen LogP contribution in [0.15, 0.2) is 0 Å². The van der Waals surface area contributed by atoms with E-state index in [1.807, 2.05) is 0 Å². The molecule has 0 bridgehead atoms. The first-order valence-electron chi connectivity index (χ1n) is 2.90. The molecular formula is C6H10O3S. The van der Waals surface area contributed by atoms with Crippen LogP contribution >= 0.6 is 12.6 Å². The molecule has 0 aromatic carbocycles. The number of ether oxygens (including phenoxy) is 1. The standard InChI is InChI=1S/C6H10O3S/c1-4(3-10)9-6(8)5(2)7/h4,10H,3H2,1-2H3. The Kier molecular flexibility index (Phi) is 4.11. The molecule has 1 atom stereocenters. The number of hydrogen-bond acceptors (Lipinski definition) is 4. The molecular weight excluding hydrogens is 152 g/mol. The summed E-state index contributed by atoms with van der Waals surface area (Å²) in [5.41, 5.74) is 0. The maximum absolute atomic E-state index is 10.5. The summed E-state index contributed by atoms with van der Waals surface area (Å²) >= 11 is 3.87. The van der Waals surface area contributed by atoms with Crippen molar-refractivity contribution in [3.8, 4) is 0 Å². The van der Waals surface area contributed by atoms with E-state index in [9.17, 15) is 9.59 Å². The average molecular weight is 162 g/mol. The van der Waals surface area contributed by atoms with Crippen LogP contribution in [0.25, 0.3) is 0 Å². The number of thiol groups is 1. The van der Waals surface area contributed by atoms with Crippen molar-refractivity contribution in [1.82, 2.24) is 0 Å². The summed E-state index contributed by atoms with van der Waals surface area (Å²) in [7, 11) is 0. The van der Waals surface area contributed by atoms with Crippen LogP contribution in [0.3, 0.4) is 0 Å². The first kappa shape index (κ1) is 9.49. The minimum atomic E-state index is -0.790. The van der Waals surface area contributed by atoms with Crippen molar-refractivity contribution in [3.63, 3.8) is 0 Å². The van der Waals surface area contributed by atoms with Crippen molar-refractivity contribution in [3.05, 3.63) is 0 Å². The zero-order valence-electron chi connectivity index (χ0n) is 5.96. The van der Waals surface area contributed by atoms with Gasteiger partial charge in [0, 0.05) is 12.7 Å². The fraction of sp³-hybridized carbons (Fsp3) is 0.667. The van der Waals surface area contributed by atoms with Crippen LogP contribution in [0.5, 0.6) is 0 Å². The largest absolute Gasteiger partial charge is 0.456 e. The maximum atomic E-state index is 10.5. The molecule has 0 aliphatic rings. The lowest BCUT2D eigenvalue weighted by Crippen LogP contribution is -2.21. The second-order valence-corrected chi connectivity index (χ2v) is 2.32. The SMILES string of the molecule is CC(=O)C(=O)OC(C)CS. The summed E-state index contributed by atoms with van der Waals surface area (Å²) < 4.78 is 4.60. The second kappa shape index (κ2) is 4.33. The molecule has 0 rings (SSSR count). The Hall–Kier alpha value is -0.510. The van der Waals surface area contributed by atoms with Gasteiger partial charge >= 0.3 is 5.97 Å². The Balaban J connectivity index is 3.68. The van der Waals surface area contributed by atoms with Crippen LogP contribution in [0.1, 0.15) is 13.8 Å². The molecule has 0 saturated heterocycles. The molecule has 0 aromatic rings. The van der Waals surface area contributed by atoms with E-state index in [-0.39, 0.29) is 6.10 Å². The topological polar surface area (TPSA) is 43.4 Å². The van der Waals surface area contributed by atoms with Gasteiger partial charge in [0.25, 0.3) is 0 Å². The Labute approximate surface area is 65.2 Å². The van der Waals surface area contributed by atoms with E-state index in [0.29, 0.717) is 5.75 Å². The van der Waals surface area contributed by atoms with Gasteiger partial charge in [-0.1, -0.05) is 0 Å². The fourth-order valence-electron chi connectivity index (χ4n) is 0.303. The van der Waals surface area contributed by atoms with Gasteiger partial charge in [-0.2, -0.15) is 12.6 Å². The summed E-state index contributed by atoms with van der Waals surface area (Å²) in [5, 5.41) is 0. The van der Waals surface area contributed by atoms with E-state index in [1.54, 1.807) is 6.92 Å². The molecule has 0 amide bonds. The van der Waals surface area contributed by atoms with E-state index < -0.39 is 11.8 Å². The van der Waals surface area contributed by atoms with E-state index in [1.165, 1.54) is 6.92 Å². The molecule has 0 saturated carbocycles. The van der Waals surface area contributed by atoms with Gasteiger partial charge in [0.15, 0.2) is 0 Å². The molecule has 0 radical (unpaired) electrons. The van der Waals surface area contributed by atoms with Crippen LogP contribution in [-0.2, 0) is 14.3 Å². The Morgan fingerprint density at radius 1 is 1.60 bits per heavy atom. The molecule has 4 heteroatoms. The maximum Gasteiger partial charge on any atom is 0.374 e. The number of hydrogen-bond donors (Lipinski definition) is 1. The molecule has 0 N–H and O–H groups in total. The van der Waals surface area contributed by atoms with E-state index in [0.717, 1.165) is 0 Å². The highest BCUT2D eigenvalue weighted by molar-refractivity contribution is 7.80. The Morgan fingerprint density at radius 3 is 2.40 bits per heavy atom. The van der Waals surface area contributed by atoms with Crippen LogP contribution in [0, 0.1) is 0 Å². The van der Waals surface area contributed by atoms with Gasteiger partial charge in [0.1, 0.15) is 6.10 Å². The van der Waals surface area contributed by atoms with E-state index in [2.05, 4.69) is 17.4 Å². The fourth-order valence-corrected chi connectivity index (χ4v) is 0.378. The van der Waals surface area contributed by atoms with Crippen molar-refractivity contribution < 1.29 is 14.3 Å². The van der Waals surface area contributed by atoms with Gasteiger partial charge in [-0.15, -0.1) is 0 Å². The van der Waals surface area contributed by atoms with Gasteiger partial charge in [0.05, 0.1) is 0 Å². The minimum Gasteiger partial charge on any atom is -0.456 e. The van der Waals surface area contributed by atoms with Crippen molar-refractivity contribution >= 4 is 24.4 Å². The smallest absolute Gasteiger partial charge is 0.374 e. The van der Waals surface area contributed by atoms with E-state index >= 15 is 0 Å². The van der Waals surface area contributed by atoms with E-state index in [4.69, 9.17) is 0 Å². The molecule has 0 heterocycles. The molecule has 0 aliphatic carbocycles. The molecule has 0 spiro atoms. The van der Waals surface area contributed by atoms with Gasteiger partial charge in [0.2, 0.25) is 5.78 Å². The average Bonchev–Trinajstić information content (AvgIpc) is 1.87. The van der Waals surface area contributed by atoms with Gasteiger partial charge < -0.3 is 4.74 Å². The van der Waals surface area contributed by atoms with Crippen LogP contribution in [0.4, 0.5) is 0 Å². The highest BCUT2D eigenvalue weighted by Crippen LogP contribution is 1.93. The summed E-state index contributed by atoms with van der Waals surface area (Å²) in [5.74, 6) is -0.936. The molecule has 0 fully saturated rings. The van der Waals surface area contributed by atoms with Gasteiger partial charge in [-0.3, -0.25) is 4.79 Å². The lowest BCUT2D eigenvalue weighted by molar-refractivity contribution is -0.155. The number of Topliss-reactive ketones (excluding diaryl/α,β-unsaturated/α-hetero) is 1. The number of carbonyl (C=O) groups is 2. The van der Waals surface area contributed by atoms with Gasteiger partial charge in [-0.05, 0) is 6.92 Å². The number of carbonyl (C=O) groups excluding carboxylic acids is 2. The molecule has 1 unspecified atom stereocenters. The number of esters is 1. The van der Waals surface area contributed by atoms with Crippen molar-refractivity contribution in [1.29, 1.82) is 0 Å². The zero-order valence-corrected chi connectivity index (χ0v) is 6.85. The van der Waals surface area contributed by atoms with Crippen LogP contribution < -0.4 is 0 Å². The van der Waals surface area contributed by atoms with Crippen LogP contribution in [0.2, 0.25) is 0 Å². The molecule has 3 nitrogen and oxygen atoms in total. The lowest BCUT2D eigenvalue weighted by atomic mass is 10.4. The monoisotopic (exact) mass is 162 g/mol. The first-order chi connectivity index (χ1) is 4.57. The first-order valence-corrected chi connectivity index (χ1v) is 3.53. The Morgan fingerprint density at radius 2 is 2.10 bits per heavy atom. The summed E-state index contributed by atoms with van der Waals surface area (Å²) in [6.45, 7) is 2.85. The lowest BCUT2D eigenvalue weighted by Gasteiger charge is -2.07. The molecule has 10 heavy (non-hydrogen) atoms. The molecule has 0 aromatic heterocycles. The van der Waals surface area contributed by atoms with Crippen molar-refractivity contribution in [2.24, 2.45) is 0 Å². The summed E-state index contributed by atoms with van der Waals surface area (Å²) in [6.07, 6.45) is -0.292. The normalized spacial score (nSPS) is 12.3. The third-order valence-electron chi connectivity index (χ3n) is 0.853. The summed E-state index contributed by atoms with van der Waals surface area (Å²) in [6, 6.07) is 0. The molecule has 58 valence electrons. The molecule has 0 aliphatic heterocycles.